The quantitative estimate of drug-likeness (QED) is 0.288. The Morgan fingerprint density at radius 2 is 1.76 bits per heavy atom. The van der Waals surface area contributed by atoms with E-state index in [1.807, 2.05) is 13.8 Å². The van der Waals surface area contributed by atoms with Crippen LogP contribution in [0.4, 0.5) is 8.78 Å². The van der Waals surface area contributed by atoms with Crippen molar-refractivity contribution in [2.24, 2.45) is 29.4 Å². The van der Waals surface area contributed by atoms with Crippen molar-refractivity contribution in [3.05, 3.63) is 29.3 Å². The summed E-state index contributed by atoms with van der Waals surface area (Å²) in [6.45, 7) is 9.32. The first-order chi connectivity index (χ1) is 15.8. The fourth-order valence-electron chi connectivity index (χ4n) is 4.05. The van der Waals surface area contributed by atoms with E-state index in [0.29, 0.717) is 25.9 Å². The van der Waals surface area contributed by atoms with E-state index in [1.54, 1.807) is 19.2 Å². The van der Waals surface area contributed by atoms with Crippen molar-refractivity contribution < 1.29 is 33.3 Å². The normalized spacial score (nSPS) is 15.9. The molecule has 0 fully saturated rings. The first-order valence-electron chi connectivity index (χ1n) is 12.1. The molecule has 196 valence electrons. The lowest BCUT2D eigenvalue weighted by Crippen LogP contribution is -2.40. The maximum Gasteiger partial charge on any atom is 0.306 e. The molecule has 0 spiro atoms. The molecule has 1 aromatic carbocycles. The molecular weight excluding hydrogens is 444 g/mol. The third-order valence-electron chi connectivity index (χ3n) is 6.40. The predicted molar refractivity (Wildman–Crippen MR) is 129 cm³/mol. The van der Waals surface area contributed by atoms with Crippen LogP contribution in [0.15, 0.2) is 18.2 Å². The van der Waals surface area contributed by atoms with Crippen LogP contribution in [0.1, 0.15) is 65.0 Å². The van der Waals surface area contributed by atoms with Crippen LogP contribution in [0, 0.1) is 23.7 Å². The van der Waals surface area contributed by atoms with E-state index in [4.69, 9.17) is 15.2 Å². The third kappa shape index (κ3) is 9.84. The molecule has 0 saturated carbocycles. The number of carboxylic acid groups (broad SMARTS) is 1. The van der Waals surface area contributed by atoms with Crippen LogP contribution in [0.2, 0.25) is 0 Å². The first kappa shape index (κ1) is 30.3. The monoisotopic (exact) mass is 487 g/mol. The number of rotatable bonds is 16. The van der Waals surface area contributed by atoms with E-state index >= 15 is 0 Å². The molecule has 0 aliphatic rings. The molecule has 4 N–H and O–H groups in total. The van der Waals surface area contributed by atoms with Gasteiger partial charge in [0, 0.05) is 33.1 Å². The number of hydrogen-bond donors (Lipinski definition) is 3. The summed E-state index contributed by atoms with van der Waals surface area (Å²) in [5.41, 5.74) is 6.98. The van der Waals surface area contributed by atoms with Crippen molar-refractivity contribution >= 4 is 5.97 Å². The van der Waals surface area contributed by atoms with Gasteiger partial charge in [0.1, 0.15) is 5.75 Å². The summed E-state index contributed by atoms with van der Waals surface area (Å²) < 4.78 is 38.9. The van der Waals surface area contributed by atoms with Gasteiger partial charge in [-0.05, 0) is 54.7 Å². The highest BCUT2D eigenvalue weighted by Crippen LogP contribution is 2.36. The number of halogens is 2. The molecule has 0 bridgehead atoms. The predicted octanol–water partition coefficient (Wildman–Crippen LogP) is 4.85. The SMILES string of the molecule is COCCCOc1cc(CC(CC(N)C(O)CC(C(=O)O)C(C)C)C(C)C)ccc1C(C)(F)F. The molecule has 0 aliphatic heterocycles. The van der Waals surface area contributed by atoms with Gasteiger partial charge in [-0.2, -0.15) is 0 Å². The van der Waals surface area contributed by atoms with Gasteiger partial charge >= 0.3 is 5.97 Å². The molecule has 0 amide bonds. The second-order valence-electron chi connectivity index (χ2n) is 10.0. The lowest BCUT2D eigenvalue weighted by Gasteiger charge is -2.29. The van der Waals surface area contributed by atoms with Gasteiger partial charge in [-0.15, -0.1) is 0 Å². The molecule has 0 saturated heterocycles. The van der Waals surface area contributed by atoms with Crippen LogP contribution in [-0.4, -0.2) is 48.7 Å². The Hall–Kier alpha value is -1.77. The maximum atomic E-state index is 14.1. The van der Waals surface area contributed by atoms with E-state index in [2.05, 4.69) is 13.8 Å². The zero-order chi connectivity index (χ0) is 26.1. The van der Waals surface area contributed by atoms with Crippen molar-refractivity contribution in [1.82, 2.24) is 0 Å². The zero-order valence-electron chi connectivity index (χ0n) is 21.4. The highest BCUT2D eigenvalue weighted by molar-refractivity contribution is 5.70. The number of ether oxygens (including phenoxy) is 2. The number of benzene rings is 1. The van der Waals surface area contributed by atoms with Crippen LogP contribution in [-0.2, 0) is 21.9 Å². The molecule has 1 rings (SSSR count). The summed E-state index contributed by atoms with van der Waals surface area (Å²) in [6.07, 6.45) is 0.808. The summed E-state index contributed by atoms with van der Waals surface area (Å²) in [6, 6.07) is 4.17. The van der Waals surface area contributed by atoms with Crippen LogP contribution in [0.3, 0.4) is 0 Å². The second-order valence-corrected chi connectivity index (χ2v) is 10.0. The van der Waals surface area contributed by atoms with E-state index in [9.17, 15) is 23.8 Å². The zero-order valence-corrected chi connectivity index (χ0v) is 21.4. The highest BCUT2D eigenvalue weighted by Gasteiger charge is 2.31. The molecule has 4 unspecified atom stereocenters. The maximum absolute atomic E-state index is 14.1. The first-order valence-corrected chi connectivity index (χ1v) is 12.1. The average molecular weight is 488 g/mol. The van der Waals surface area contributed by atoms with Crippen molar-refractivity contribution in [2.45, 2.75) is 78.4 Å². The minimum atomic E-state index is -3.03. The molecule has 0 heterocycles. The fraction of sp³-hybridized carbons (Fsp3) is 0.731. The number of nitrogens with two attached hydrogens (primary N) is 1. The number of carbonyl (C=O) groups is 1. The second kappa shape index (κ2) is 14.0. The molecule has 0 radical (unpaired) electrons. The Morgan fingerprint density at radius 1 is 1.12 bits per heavy atom. The molecule has 0 aliphatic carbocycles. The van der Waals surface area contributed by atoms with Crippen molar-refractivity contribution in [1.29, 1.82) is 0 Å². The van der Waals surface area contributed by atoms with Crippen LogP contribution >= 0.6 is 0 Å². The fourth-order valence-corrected chi connectivity index (χ4v) is 4.05. The van der Waals surface area contributed by atoms with Gasteiger partial charge in [0.25, 0.3) is 5.92 Å². The van der Waals surface area contributed by atoms with Gasteiger partial charge in [-0.1, -0.05) is 33.8 Å². The Labute approximate surface area is 202 Å². The molecule has 4 atom stereocenters. The lowest BCUT2D eigenvalue weighted by molar-refractivity contribution is -0.144. The summed E-state index contributed by atoms with van der Waals surface area (Å²) in [5.74, 6) is -4.30. The van der Waals surface area contributed by atoms with E-state index < -0.39 is 30.0 Å². The Morgan fingerprint density at radius 3 is 2.26 bits per heavy atom. The standard InChI is InChI=1S/C26H43F2NO5/c1-16(2)19(14-22(29)23(30)15-20(17(3)4)25(31)32)12-18-8-9-21(26(5,27)28)24(13-18)34-11-7-10-33-6/h8-9,13,16-17,19-20,22-23,30H,7,10-12,14-15,29H2,1-6H3,(H,31,32). The lowest BCUT2D eigenvalue weighted by atomic mass is 9.81. The molecule has 34 heavy (non-hydrogen) atoms. The van der Waals surface area contributed by atoms with Crippen LogP contribution in [0.25, 0.3) is 0 Å². The van der Waals surface area contributed by atoms with Crippen LogP contribution in [0.5, 0.6) is 5.75 Å². The smallest absolute Gasteiger partial charge is 0.306 e. The minimum absolute atomic E-state index is 0.0707. The number of aliphatic hydroxyl groups excluding tert-OH is 1. The summed E-state index contributed by atoms with van der Waals surface area (Å²) >= 11 is 0. The molecule has 1 aromatic rings. The molecule has 6 nitrogen and oxygen atoms in total. The van der Waals surface area contributed by atoms with E-state index in [1.165, 1.54) is 6.07 Å². The number of aliphatic carboxylic acids is 1. The third-order valence-corrected chi connectivity index (χ3v) is 6.40. The largest absolute Gasteiger partial charge is 0.493 e. The van der Waals surface area contributed by atoms with Crippen LogP contribution < -0.4 is 10.5 Å². The van der Waals surface area contributed by atoms with Crippen molar-refractivity contribution in [3.63, 3.8) is 0 Å². The van der Waals surface area contributed by atoms with Gasteiger partial charge in [-0.3, -0.25) is 4.79 Å². The molecule has 8 heteroatoms. The van der Waals surface area contributed by atoms with Gasteiger partial charge in [0.05, 0.1) is 24.2 Å². The number of carboxylic acids is 1. The van der Waals surface area contributed by atoms with Gasteiger partial charge in [-0.25, -0.2) is 8.78 Å². The summed E-state index contributed by atoms with van der Waals surface area (Å²) in [7, 11) is 1.57. The Kier molecular flexibility index (Phi) is 12.4. The molecular formula is C26H43F2NO5. The number of hydrogen-bond acceptors (Lipinski definition) is 5. The summed E-state index contributed by atoms with van der Waals surface area (Å²) in [5, 5.41) is 20.0. The highest BCUT2D eigenvalue weighted by atomic mass is 19.3. The van der Waals surface area contributed by atoms with E-state index in [-0.39, 0.29) is 42.1 Å². The number of aliphatic hydroxyl groups is 1. The number of methoxy groups -OCH3 is 1. The topological polar surface area (TPSA) is 102 Å². The summed E-state index contributed by atoms with van der Waals surface area (Å²) in [4.78, 5) is 11.5. The minimum Gasteiger partial charge on any atom is -0.493 e. The Bertz CT molecular complexity index is 751. The van der Waals surface area contributed by atoms with Crippen molar-refractivity contribution in [3.8, 4) is 5.75 Å². The average Bonchev–Trinajstić information content (AvgIpc) is 2.73. The van der Waals surface area contributed by atoms with Gasteiger partial charge in [0.2, 0.25) is 0 Å². The Balaban J connectivity index is 2.97. The van der Waals surface area contributed by atoms with Gasteiger partial charge in [0.15, 0.2) is 0 Å². The van der Waals surface area contributed by atoms with E-state index in [0.717, 1.165) is 12.5 Å². The molecule has 0 aromatic heterocycles. The number of alkyl halides is 2. The van der Waals surface area contributed by atoms with Gasteiger partial charge < -0.3 is 25.4 Å². The van der Waals surface area contributed by atoms with Crippen molar-refractivity contribution in [2.75, 3.05) is 20.3 Å².